The minimum atomic E-state index is -1.09. The molecule has 1 atom stereocenters. The van der Waals surface area contributed by atoms with Gasteiger partial charge < -0.3 is 14.6 Å². The van der Waals surface area contributed by atoms with Crippen LogP contribution in [-0.4, -0.2) is 36.4 Å². The number of aliphatic hydroxyl groups is 1. The SMILES string of the molecule is CC(C)C(=O)OCC(O)COC(=O)c1cccc2c1cc1ccc3c4ccccc4cc4ccc2c1c43. The summed E-state index contributed by atoms with van der Waals surface area (Å²) in [6.07, 6.45) is -1.09. The second kappa shape index (κ2) is 9.02. The van der Waals surface area contributed by atoms with Gasteiger partial charge in [0.25, 0.3) is 0 Å². The zero-order valence-electron chi connectivity index (χ0n) is 20.7. The first kappa shape index (κ1) is 23.2. The topological polar surface area (TPSA) is 72.8 Å². The minimum absolute atomic E-state index is 0.219. The highest BCUT2D eigenvalue weighted by atomic mass is 16.6. The predicted octanol–water partition coefficient (Wildman–Crippen LogP) is 6.61. The Morgan fingerprint density at radius 3 is 2.08 bits per heavy atom. The van der Waals surface area contributed by atoms with E-state index in [9.17, 15) is 14.7 Å². The predicted molar refractivity (Wildman–Crippen MR) is 147 cm³/mol. The second-order valence-electron chi connectivity index (χ2n) is 9.83. The van der Waals surface area contributed by atoms with Crippen molar-refractivity contribution in [2.45, 2.75) is 20.0 Å². The van der Waals surface area contributed by atoms with E-state index in [1.807, 2.05) is 18.2 Å². The van der Waals surface area contributed by atoms with Crippen molar-refractivity contribution in [1.82, 2.24) is 0 Å². The summed E-state index contributed by atoms with van der Waals surface area (Å²) in [4.78, 5) is 24.7. The largest absolute Gasteiger partial charge is 0.463 e. The van der Waals surface area contributed by atoms with Crippen LogP contribution in [0, 0.1) is 5.92 Å². The van der Waals surface area contributed by atoms with E-state index in [1.165, 1.54) is 32.3 Å². The van der Waals surface area contributed by atoms with Crippen molar-refractivity contribution in [3.05, 3.63) is 84.4 Å². The molecule has 0 aliphatic rings. The van der Waals surface area contributed by atoms with Crippen molar-refractivity contribution >= 4 is 65.8 Å². The molecular weight excluding hydrogens is 464 g/mol. The van der Waals surface area contributed by atoms with E-state index < -0.39 is 18.0 Å². The molecule has 0 saturated heterocycles. The maximum absolute atomic E-state index is 13.1. The molecule has 0 fully saturated rings. The lowest BCUT2D eigenvalue weighted by atomic mass is 9.88. The van der Waals surface area contributed by atoms with Gasteiger partial charge in [-0.15, -0.1) is 0 Å². The van der Waals surface area contributed by atoms with Crippen LogP contribution in [0.4, 0.5) is 0 Å². The normalized spacial score (nSPS) is 12.8. The van der Waals surface area contributed by atoms with Crippen LogP contribution in [0.5, 0.6) is 0 Å². The Bertz CT molecular complexity index is 1820. The molecule has 1 unspecified atom stereocenters. The molecule has 0 heterocycles. The van der Waals surface area contributed by atoms with Gasteiger partial charge in [-0.1, -0.05) is 74.5 Å². The van der Waals surface area contributed by atoms with Gasteiger partial charge in [0.05, 0.1) is 11.5 Å². The van der Waals surface area contributed by atoms with Crippen molar-refractivity contribution < 1.29 is 24.2 Å². The van der Waals surface area contributed by atoms with E-state index in [4.69, 9.17) is 9.47 Å². The maximum Gasteiger partial charge on any atom is 0.338 e. The van der Waals surface area contributed by atoms with E-state index in [-0.39, 0.29) is 19.1 Å². The summed E-state index contributed by atoms with van der Waals surface area (Å²) in [7, 11) is 0. The molecule has 1 N–H and O–H groups in total. The quantitative estimate of drug-likeness (QED) is 0.162. The molecule has 0 aromatic heterocycles. The van der Waals surface area contributed by atoms with E-state index in [1.54, 1.807) is 19.9 Å². The fraction of sp³-hybridized carbons (Fsp3) is 0.188. The summed E-state index contributed by atoms with van der Waals surface area (Å²) in [5.41, 5.74) is 0.430. The molecule has 5 nitrogen and oxygen atoms in total. The Kier molecular flexibility index (Phi) is 5.65. The summed E-state index contributed by atoms with van der Waals surface area (Å²) >= 11 is 0. The van der Waals surface area contributed by atoms with Gasteiger partial charge in [-0.3, -0.25) is 4.79 Å². The van der Waals surface area contributed by atoms with Crippen LogP contribution in [-0.2, 0) is 14.3 Å². The van der Waals surface area contributed by atoms with E-state index in [0.29, 0.717) is 5.56 Å². The zero-order chi connectivity index (χ0) is 25.7. The highest BCUT2D eigenvalue weighted by Crippen LogP contribution is 2.41. The zero-order valence-corrected chi connectivity index (χ0v) is 20.7. The number of esters is 2. The van der Waals surface area contributed by atoms with Crippen molar-refractivity contribution in [1.29, 1.82) is 0 Å². The Morgan fingerprint density at radius 1 is 0.676 bits per heavy atom. The molecule has 0 amide bonds. The van der Waals surface area contributed by atoms with Crippen molar-refractivity contribution in [3.63, 3.8) is 0 Å². The molecule has 6 rings (SSSR count). The van der Waals surface area contributed by atoms with Crippen molar-refractivity contribution in [2.75, 3.05) is 13.2 Å². The number of carbonyl (C=O) groups excluding carboxylic acids is 2. The minimum Gasteiger partial charge on any atom is -0.463 e. The van der Waals surface area contributed by atoms with E-state index in [2.05, 4.69) is 54.6 Å². The van der Waals surface area contributed by atoms with Crippen LogP contribution < -0.4 is 0 Å². The molecule has 0 spiro atoms. The summed E-state index contributed by atoms with van der Waals surface area (Å²) in [5, 5.41) is 21.3. The van der Waals surface area contributed by atoms with E-state index >= 15 is 0 Å². The van der Waals surface area contributed by atoms with Gasteiger partial charge in [-0.25, -0.2) is 4.79 Å². The fourth-order valence-electron chi connectivity index (χ4n) is 5.21. The van der Waals surface area contributed by atoms with Gasteiger partial charge in [0, 0.05) is 0 Å². The van der Waals surface area contributed by atoms with Crippen LogP contribution in [0.15, 0.2) is 78.9 Å². The molecule has 0 bridgehead atoms. The number of aliphatic hydroxyl groups excluding tert-OH is 1. The molecule has 0 aliphatic carbocycles. The van der Waals surface area contributed by atoms with E-state index in [0.717, 1.165) is 21.5 Å². The third-order valence-corrected chi connectivity index (χ3v) is 7.00. The van der Waals surface area contributed by atoms with Gasteiger partial charge in [0.1, 0.15) is 19.3 Å². The number of fused-ring (bicyclic) bond motifs is 4. The Balaban J connectivity index is 1.40. The Hall–Kier alpha value is -4.22. The number of hydrogen-bond acceptors (Lipinski definition) is 5. The molecule has 184 valence electrons. The Morgan fingerprint density at radius 2 is 1.32 bits per heavy atom. The van der Waals surface area contributed by atoms with Crippen molar-refractivity contribution in [3.8, 4) is 0 Å². The van der Waals surface area contributed by atoms with Crippen LogP contribution in [0.2, 0.25) is 0 Å². The average molecular weight is 491 g/mol. The molecule has 5 heteroatoms. The third-order valence-electron chi connectivity index (χ3n) is 7.00. The van der Waals surface area contributed by atoms with Crippen LogP contribution in [0.1, 0.15) is 24.2 Å². The monoisotopic (exact) mass is 490 g/mol. The number of ether oxygens (including phenoxy) is 2. The molecule has 0 saturated carbocycles. The first-order valence-corrected chi connectivity index (χ1v) is 12.5. The lowest BCUT2D eigenvalue weighted by Crippen LogP contribution is -2.26. The van der Waals surface area contributed by atoms with Gasteiger partial charge in [-0.2, -0.15) is 0 Å². The van der Waals surface area contributed by atoms with Crippen LogP contribution >= 0.6 is 0 Å². The fourth-order valence-corrected chi connectivity index (χ4v) is 5.21. The molecule has 6 aromatic carbocycles. The number of benzene rings is 6. The molecule has 37 heavy (non-hydrogen) atoms. The molecule has 0 radical (unpaired) electrons. The summed E-state index contributed by atoms with van der Waals surface area (Å²) in [6, 6.07) is 26.9. The lowest BCUT2D eigenvalue weighted by molar-refractivity contribution is -0.151. The molecule has 0 aliphatic heterocycles. The lowest BCUT2D eigenvalue weighted by Gasteiger charge is -2.16. The molecule has 6 aromatic rings. The van der Waals surface area contributed by atoms with Gasteiger partial charge in [0.15, 0.2) is 0 Å². The van der Waals surface area contributed by atoms with Gasteiger partial charge >= 0.3 is 11.9 Å². The number of carbonyl (C=O) groups is 2. The maximum atomic E-state index is 13.1. The van der Waals surface area contributed by atoms with Crippen molar-refractivity contribution in [2.24, 2.45) is 5.92 Å². The second-order valence-corrected chi connectivity index (χ2v) is 9.83. The summed E-state index contributed by atoms with van der Waals surface area (Å²) in [6.45, 7) is 2.95. The first-order valence-electron chi connectivity index (χ1n) is 12.5. The Labute approximate surface area is 213 Å². The van der Waals surface area contributed by atoms with Crippen LogP contribution in [0.25, 0.3) is 53.9 Å². The highest BCUT2D eigenvalue weighted by Gasteiger charge is 2.19. The average Bonchev–Trinajstić information content (AvgIpc) is 2.92. The summed E-state index contributed by atoms with van der Waals surface area (Å²) < 4.78 is 10.4. The standard InChI is InChI=1S/C32H26O5/c1-18(2)31(34)36-16-22(33)17-37-32(35)27-9-5-8-24-26-13-10-20-14-19-6-3-4-7-23(19)25-12-11-21(15-28(24)27)30(26)29(20)25/h3-15,18,22,33H,16-17H2,1-2H3. The number of hydrogen-bond donors (Lipinski definition) is 1. The van der Waals surface area contributed by atoms with Gasteiger partial charge in [0.2, 0.25) is 0 Å². The molecular formula is C32H26O5. The van der Waals surface area contributed by atoms with Crippen LogP contribution in [0.3, 0.4) is 0 Å². The highest BCUT2D eigenvalue weighted by molar-refractivity contribution is 6.33. The first-order chi connectivity index (χ1) is 17.9. The number of rotatable bonds is 6. The van der Waals surface area contributed by atoms with Gasteiger partial charge in [-0.05, 0) is 72.1 Å². The smallest absolute Gasteiger partial charge is 0.338 e. The third kappa shape index (κ3) is 3.92. The summed E-state index contributed by atoms with van der Waals surface area (Å²) in [5.74, 6) is -1.22.